The SMILES string of the molecule is CC(=O)c1ccc2c(c1)N(C(C)C(=O)N1CCCCC1C)C(=O)CO2. The second kappa shape index (κ2) is 6.86. The number of ketones is 1. The van der Waals surface area contributed by atoms with E-state index in [0.717, 1.165) is 25.8 Å². The minimum Gasteiger partial charge on any atom is -0.482 e. The van der Waals surface area contributed by atoms with Crippen molar-refractivity contribution in [1.82, 2.24) is 4.90 Å². The molecule has 134 valence electrons. The second-order valence-electron chi connectivity index (χ2n) is 6.84. The normalized spacial score (nSPS) is 21.4. The van der Waals surface area contributed by atoms with Crippen LogP contribution in [0.3, 0.4) is 0 Å². The number of Topliss-reactive ketones (excluding diaryl/α,β-unsaturated/α-hetero) is 1. The molecule has 1 aromatic carbocycles. The Kier molecular flexibility index (Phi) is 4.79. The second-order valence-corrected chi connectivity index (χ2v) is 6.84. The lowest BCUT2D eigenvalue weighted by Crippen LogP contribution is -2.55. The van der Waals surface area contributed by atoms with Gasteiger partial charge in [0.2, 0.25) is 5.91 Å². The van der Waals surface area contributed by atoms with Gasteiger partial charge in [0, 0.05) is 18.2 Å². The van der Waals surface area contributed by atoms with E-state index in [4.69, 9.17) is 4.74 Å². The van der Waals surface area contributed by atoms with Crippen molar-refractivity contribution in [3.63, 3.8) is 0 Å². The fraction of sp³-hybridized carbons (Fsp3) is 0.526. The van der Waals surface area contributed by atoms with Crippen LogP contribution in [0.5, 0.6) is 5.75 Å². The standard InChI is InChI=1S/C19H24N2O4/c1-12-6-4-5-9-20(12)19(24)13(2)21-16-10-15(14(3)22)7-8-17(16)25-11-18(21)23/h7-8,10,12-13H,4-6,9,11H2,1-3H3. The van der Waals surface area contributed by atoms with Gasteiger partial charge in [0.15, 0.2) is 12.4 Å². The maximum absolute atomic E-state index is 13.0. The molecule has 1 aromatic rings. The van der Waals surface area contributed by atoms with Crippen LogP contribution in [0, 0.1) is 0 Å². The number of amides is 2. The van der Waals surface area contributed by atoms with E-state index in [1.165, 1.54) is 11.8 Å². The van der Waals surface area contributed by atoms with Gasteiger partial charge in [-0.1, -0.05) is 0 Å². The zero-order valence-corrected chi connectivity index (χ0v) is 14.9. The van der Waals surface area contributed by atoms with E-state index in [2.05, 4.69) is 0 Å². The van der Waals surface area contributed by atoms with E-state index in [-0.39, 0.29) is 30.2 Å². The molecule has 2 atom stereocenters. The van der Waals surface area contributed by atoms with Crippen molar-refractivity contribution in [2.24, 2.45) is 0 Å². The number of carbonyl (C=O) groups excluding carboxylic acids is 3. The monoisotopic (exact) mass is 344 g/mol. The lowest BCUT2D eigenvalue weighted by Gasteiger charge is -2.39. The van der Waals surface area contributed by atoms with Crippen LogP contribution in [0.2, 0.25) is 0 Å². The molecule has 2 heterocycles. The fourth-order valence-electron chi connectivity index (χ4n) is 3.59. The largest absolute Gasteiger partial charge is 0.482 e. The smallest absolute Gasteiger partial charge is 0.265 e. The highest BCUT2D eigenvalue weighted by Gasteiger charge is 2.37. The summed E-state index contributed by atoms with van der Waals surface area (Å²) in [4.78, 5) is 40.5. The highest BCUT2D eigenvalue weighted by atomic mass is 16.5. The molecular weight excluding hydrogens is 320 g/mol. The summed E-state index contributed by atoms with van der Waals surface area (Å²) in [5.74, 6) is 0.112. The average molecular weight is 344 g/mol. The maximum Gasteiger partial charge on any atom is 0.265 e. The fourth-order valence-corrected chi connectivity index (χ4v) is 3.59. The predicted octanol–water partition coefficient (Wildman–Crippen LogP) is 2.40. The average Bonchev–Trinajstić information content (AvgIpc) is 2.60. The lowest BCUT2D eigenvalue weighted by atomic mass is 10.0. The quantitative estimate of drug-likeness (QED) is 0.790. The third-order valence-corrected chi connectivity index (χ3v) is 5.08. The molecule has 6 heteroatoms. The number of nitrogens with zero attached hydrogens (tertiary/aromatic N) is 2. The van der Waals surface area contributed by atoms with Gasteiger partial charge in [-0.05, 0) is 58.2 Å². The molecule has 0 radical (unpaired) electrons. The van der Waals surface area contributed by atoms with Crippen molar-refractivity contribution < 1.29 is 19.1 Å². The number of fused-ring (bicyclic) bond motifs is 1. The topological polar surface area (TPSA) is 66.9 Å². The van der Waals surface area contributed by atoms with Crippen molar-refractivity contribution >= 4 is 23.3 Å². The van der Waals surface area contributed by atoms with E-state index in [0.29, 0.717) is 17.0 Å². The molecule has 0 saturated carbocycles. The summed E-state index contributed by atoms with van der Waals surface area (Å²) in [7, 11) is 0. The Bertz CT molecular complexity index is 715. The van der Waals surface area contributed by atoms with Crippen molar-refractivity contribution in [2.75, 3.05) is 18.1 Å². The van der Waals surface area contributed by atoms with E-state index in [1.807, 2.05) is 11.8 Å². The molecular formula is C19H24N2O4. The molecule has 0 aliphatic carbocycles. The number of anilines is 1. The summed E-state index contributed by atoms with van der Waals surface area (Å²) in [6.07, 6.45) is 3.10. The van der Waals surface area contributed by atoms with Gasteiger partial charge in [0.05, 0.1) is 5.69 Å². The van der Waals surface area contributed by atoms with Gasteiger partial charge in [-0.15, -0.1) is 0 Å². The van der Waals surface area contributed by atoms with E-state index < -0.39 is 6.04 Å². The number of likely N-dealkylation sites (tertiary alicyclic amines) is 1. The number of piperidine rings is 1. The number of hydrogen-bond acceptors (Lipinski definition) is 4. The van der Waals surface area contributed by atoms with Crippen molar-refractivity contribution in [3.05, 3.63) is 23.8 Å². The number of carbonyl (C=O) groups is 3. The Morgan fingerprint density at radius 3 is 2.72 bits per heavy atom. The minimum absolute atomic E-state index is 0.0540. The third kappa shape index (κ3) is 3.25. The number of benzene rings is 1. The van der Waals surface area contributed by atoms with Crippen LogP contribution >= 0.6 is 0 Å². The molecule has 1 saturated heterocycles. The molecule has 25 heavy (non-hydrogen) atoms. The van der Waals surface area contributed by atoms with Crippen molar-refractivity contribution in [2.45, 2.75) is 52.1 Å². The molecule has 1 fully saturated rings. The zero-order chi connectivity index (χ0) is 18.1. The van der Waals surface area contributed by atoms with Crippen LogP contribution in [-0.4, -0.2) is 47.7 Å². The first-order chi connectivity index (χ1) is 11.9. The van der Waals surface area contributed by atoms with Gasteiger partial charge in [-0.3, -0.25) is 19.3 Å². The highest BCUT2D eigenvalue weighted by molar-refractivity contribution is 6.05. The molecule has 2 aliphatic heterocycles. The van der Waals surface area contributed by atoms with Gasteiger partial charge >= 0.3 is 0 Å². The van der Waals surface area contributed by atoms with Gasteiger partial charge in [-0.25, -0.2) is 0 Å². The Hall–Kier alpha value is -2.37. The van der Waals surface area contributed by atoms with Crippen molar-refractivity contribution in [1.29, 1.82) is 0 Å². The Morgan fingerprint density at radius 1 is 1.28 bits per heavy atom. The number of rotatable bonds is 3. The lowest BCUT2D eigenvalue weighted by molar-refractivity contribution is -0.137. The minimum atomic E-state index is -0.627. The Morgan fingerprint density at radius 2 is 2.04 bits per heavy atom. The number of hydrogen-bond donors (Lipinski definition) is 0. The Balaban J connectivity index is 1.93. The van der Waals surface area contributed by atoms with Gasteiger partial charge in [0.25, 0.3) is 5.91 Å². The van der Waals surface area contributed by atoms with Gasteiger partial charge in [0.1, 0.15) is 11.8 Å². The number of ether oxygens (including phenoxy) is 1. The van der Waals surface area contributed by atoms with Crippen LogP contribution in [0.4, 0.5) is 5.69 Å². The first-order valence-electron chi connectivity index (χ1n) is 8.80. The van der Waals surface area contributed by atoms with E-state index >= 15 is 0 Å². The first kappa shape index (κ1) is 17.5. The summed E-state index contributed by atoms with van der Waals surface area (Å²) >= 11 is 0. The third-order valence-electron chi connectivity index (χ3n) is 5.08. The molecule has 2 aliphatic rings. The Labute approximate surface area is 147 Å². The molecule has 0 spiro atoms. The molecule has 2 unspecified atom stereocenters. The summed E-state index contributed by atoms with van der Waals surface area (Å²) in [6, 6.07) is 4.55. The van der Waals surface area contributed by atoms with Crippen LogP contribution in [0.1, 0.15) is 50.4 Å². The summed E-state index contributed by atoms with van der Waals surface area (Å²) in [5.41, 5.74) is 0.988. The van der Waals surface area contributed by atoms with Crippen molar-refractivity contribution in [3.8, 4) is 5.75 Å². The summed E-state index contributed by atoms with van der Waals surface area (Å²) < 4.78 is 5.47. The summed E-state index contributed by atoms with van der Waals surface area (Å²) in [6.45, 7) is 5.90. The van der Waals surface area contributed by atoms with Gasteiger partial charge < -0.3 is 9.64 Å². The molecule has 0 bridgehead atoms. The molecule has 0 N–H and O–H groups in total. The van der Waals surface area contributed by atoms with E-state index in [1.54, 1.807) is 25.1 Å². The van der Waals surface area contributed by atoms with E-state index in [9.17, 15) is 14.4 Å². The predicted molar refractivity (Wildman–Crippen MR) is 93.9 cm³/mol. The molecule has 3 rings (SSSR count). The molecule has 2 amide bonds. The highest BCUT2D eigenvalue weighted by Crippen LogP contribution is 2.35. The molecule has 6 nitrogen and oxygen atoms in total. The first-order valence-corrected chi connectivity index (χ1v) is 8.80. The van der Waals surface area contributed by atoms with Crippen LogP contribution in [0.15, 0.2) is 18.2 Å². The van der Waals surface area contributed by atoms with Crippen LogP contribution in [0.25, 0.3) is 0 Å². The van der Waals surface area contributed by atoms with Gasteiger partial charge in [-0.2, -0.15) is 0 Å². The maximum atomic E-state index is 13.0. The van der Waals surface area contributed by atoms with Crippen LogP contribution < -0.4 is 9.64 Å². The van der Waals surface area contributed by atoms with Crippen LogP contribution in [-0.2, 0) is 9.59 Å². The molecule has 0 aromatic heterocycles. The summed E-state index contributed by atoms with van der Waals surface area (Å²) in [5, 5.41) is 0. The zero-order valence-electron chi connectivity index (χ0n) is 14.9.